The Kier molecular flexibility index (Phi) is 3.97. The van der Waals surface area contributed by atoms with Gasteiger partial charge in [0.1, 0.15) is 6.61 Å². The molecule has 0 unspecified atom stereocenters. The summed E-state index contributed by atoms with van der Waals surface area (Å²) in [7, 11) is 0. The highest BCUT2D eigenvalue weighted by atomic mass is 16.5. The number of carbonyl (C=O) groups excluding carboxylic acids is 1. The quantitative estimate of drug-likeness (QED) is 0.869. The molecule has 2 heterocycles. The second kappa shape index (κ2) is 6.06. The van der Waals surface area contributed by atoms with Crippen LogP contribution in [0.15, 0.2) is 42.7 Å². The van der Waals surface area contributed by atoms with Gasteiger partial charge >= 0.3 is 0 Å². The largest absolute Gasteiger partial charge is 0.367 e. The molecule has 0 saturated carbocycles. The van der Waals surface area contributed by atoms with Crippen LogP contribution in [-0.2, 0) is 16.1 Å². The average molecular weight is 282 g/mol. The molecule has 1 aromatic heterocycles. The summed E-state index contributed by atoms with van der Waals surface area (Å²) >= 11 is 0. The van der Waals surface area contributed by atoms with Gasteiger partial charge in [0.15, 0.2) is 0 Å². The van der Waals surface area contributed by atoms with Crippen LogP contribution in [-0.4, -0.2) is 24.0 Å². The monoisotopic (exact) mass is 282 g/mol. The molecule has 21 heavy (non-hydrogen) atoms. The minimum Gasteiger partial charge on any atom is -0.367 e. The van der Waals surface area contributed by atoms with Gasteiger partial charge in [0.2, 0.25) is 0 Å². The number of hydrogen-bond acceptors (Lipinski definition) is 3. The Morgan fingerprint density at radius 2 is 2.14 bits per heavy atom. The summed E-state index contributed by atoms with van der Waals surface area (Å²) in [5.74, 6) is 0.0322. The molecule has 108 valence electrons. The van der Waals surface area contributed by atoms with Gasteiger partial charge in [0, 0.05) is 35.8 Å². The van der Waals surface area contributed by atoms with E-state index in [1.54, 1.807) is 6.20 Å². The number of benzene rings is 1. The van der Waals surface area contributed by atoms with Crippen molar-refractivity contribution in [3.05, 3.63) is 48.3 Å². The maximum atomic E-state index is 12.1. The number of carbonyl (C=O) groups is 1. The van der Waals surface area contributed by atoms with Gasteiger partial charge in [-0.05, 0) is 30.2 Å². The fourth-order valence-electron chi connectivity index (χ4n) is 2.61. The van der Waals surface area contributed by atoms with Gasteiger partial charge in [-0.15, -0.1) is 0 Å². The lowest BCUT2D eigenvalue weighted by molar-refractivity contribution is -0.123. The minimum absolute atomic E-state index is 0.0322. The van der Waals surface area contributed by atoms with Crippen molar-refractivity contribution in [2.75, 3.05) is 18.1 Å². The maximum absolute atomic E-state index is 12.1. The van der Waals surface area contributed by atoms with Crippen LogP contribution < -0.4 is 4.90 Å². The molecular formula is C17H18N2O2. The van der Waals surface area contributed by atoms with Crippen molar-refractivity contribution in [3.8, 4) is 11.1 Å². The van der Waals surface area contributed by atoms with Crippen LogP contribution in [0.2, 0.25) is 0 Å². The van der Waals surface area contributed by atoms with E-state index < -0.39 is 0 Å². The predicted molar refractivity (Wildman–Crippen MR) is 82.0 cm³/mol. The van der Waals surface area contributed by atoms with E-state index in [0.717, 1.165) is 35.3 Å². The number of amides is 1. The molecule has 0 bridgehead atoms. The molecule has 1 aromatic carbocycles. The molecule has 0 N–H and O–H groups in total. The highest BCUT2D eigenvalue weighted by Gasteiger charge is 2.22. The first kappa shape index (κ1) is 13.8. The molecule has 1 aliphatic heterocycles. The fraction of sp³-hybridized carbons (Fsp3) is 0.294. The molecule has 0 spiro atoms. The molecule has 0 saturated heterocycles. The summed E-state index contributed by atoms with van der Waals surface area (Å²) in [6.07, 6.45) is 4.53. The first-order valence-electron chi connectivity index (χ1n) is 7.21. The Morgan fingerprint density at radius 3 is 2.90 bits per heavy atom. The number of pyridine rings is 1. The van der Waals surface area contributed by atoms with E-state index in [9.17, 15) is 4.79 Å². The average Bonchev–Trinajstić information content (AvgIpc) is 2.68. The number of hydrogen-bond donors (Lipinski definition) is 0. The highest BCUT2D eigenvalue weighted by molar-refractivity contribution is 5.96. The van der Waals surface area contributed by atoms with Crippen LogP contribution in [0.4, 0.5) is 5.69 Å². The summed E-state index contributed by atoms with van der Waals surface area (Å²) in [4.78, 5) is 18.1. The third kappa shape index (κ3) is 2.81. The SMILES string of the molecule is CCCN1C(=O)COCc2cc(-c3cccnc3)ccc21. The number of ether oxygens (including phenoxy) is 1. The van der Waals surface area contributed by atoms with Crippen molar-refractivity contribution in [3.63, 3.8) is 0 Å². The predicted octanol–water partition coefficient (Wildman–Crippen LogP) is 3.02. The van der Waals surface area contributed by atoms with Crippen molar-refractivity contribution in [2.24, 2.45) is 0 Å². The summed E-state index contributed by atoms with van der Waals surface area (Å²) in [6, 6.07) is 10.1. The Balaban J connectivity index is 2.02. The molecule has 0 radical (unpaired) electrons. The summed E-state index contributed by atoms with van der Waals surface area (Å²) in [5.41, 5.74) is 4.18. The Bertz CT molecular complexity index is 640. The van der Waals surface area contributed by atoms with E-state index in [-0.39, 0.29) is 12.5 Å². The summed E-state index contributed by atoms with van der Waals surface area (Å²) in [6.45, 7) is 3.41. The molecular weight excluding hydrogens is 264 g/mol. The molecule has 1 aliphatic rings. The van der Waals surface area contributed by atoms with Crippen molar-refractivity contribution in [1.82, 2.24) is 4.98 Å². The fourth-order valence-corrected chi connectivity index (χ4v) is 2.61. The van der Waals surface area contributed by atoms with E-state index in [4.69, 9.17) is 4.74 Å². The molecule has 0 fully saturated rings. The van der Waals surface area contributed by atoms with Gasteiger partial charge in [0.25, 0.3) is 5.91 Å². The Morgan fingerprint density at radius 1 is 1.24 bits per heavy atom. The van der Waals surface area contributed by atoms with E-state index in [0.29, 0.717) is 6.61 Å². The van der Waals surface area contributed by atoms with E-state index in [2.05, 4.69) is 18.0 Å². The van der Waals surface area contributed by atoms with E-state index >= 15 is 0 Å². The Labute approximate surface area is 124 Å². The van der Waals surface area contributed by atoms with Crippen molar-refractivity contribution < 1.29 is 9.53 Å². The van der Waals surface area contributed by atoms with Crippen molar-refractivity contribution in [2.45, 2.75) is 20.0 Å². The van der Waals surface area contributed by atoms with Gasteiger partial charge < -0.3 is 9.64 Å². The van der Waals surface area contributed by atoms with Gasteiger partial charge in [-0.3, -0.25) is 9.78 Å². The Hall–Kier alpha value is -2.20. The van der Waals surface area contributed by atoms with Crippen LogP contribution in [0.25, 0.3) is 11.1 Å². The number of rotatable bonds is 3. The number of anilines is 1. The molecule has 2 aromatic rings. The lowest BCUT2D eigenvalue weighted by Crippen LogP contribution is -2.33. The van der Waals surface area contributed by atoms with Crippen LogP contribution >= 0.6 is 0 Å². The van der Waals surface area contributed by atoms with Crippen LogP contribution in [0.5, 0.6) is 0 Å². The third-order valence-corrected chi connectivity index (χ3v) is 3.60. The zero-order valence-electron chi connectivity index (χ0n) is 12.1. The molecule has 0 aliphatic carbocycles. The van der Waals surface area contributed by atoms with E-state index in [1.807, 2.05) is 35.4 Å². The number of aromatic nitrogens is 1. The van der Waals surface area contributed by atoms with Crippen molar-refractivity contribution in [1.29, 1.82) is 0 Å². The first-order valence-corrected chi connectivity index (χ1v) is 7.21. The highest BCUT2D eigenvalue weighted by Crippen LogP contribution is 2.29. The lowest BCUT2D eigenvalue weighted by Gasteiger charge is -2.22. The van der Waals surface area contributed by atoms with Gasteiger partial charge in [-0.25, -0.2) is 0 Å². The minimum atomic E-state index is 0.0322. The van der Waals surface area contributed by atoms with Crippen LogP contribution in [0.3, 0.4) is 0 Å². The van der Waals surface area contributed by atoms with Crippen molar-refractivity contribution >= 4 is 11.6 Å². The number of fused-ring (bicyclic) bond motifs is 1. The summed E-state index contributed by atoms with van der Waals surface area (Å²) in [5, 5.41) is 0. The molecule has 4 heteroatoms. The molecule has 0 atom stereocenters. The molecule has 1 amide bonds. The van der Waals surface area contributed by atoms with Crippen LogP contribution in [0.1, 0.15) is 18.9 Å². The van der Waals surface area contributed by atoms with Gasteiger partial charge in [-0.2, -0.15) is 0 Å². The maximum Gasteiger partial charge on any atom is 0.252 e. The van der Waals surface area contributed by atoms with Crippen LogP contribution in [0, 0.1) is 0 Å². The second-order valence-electron chi connectivity index (χ2n) is 5.12. The smallest absolute Gasteiger partial charge is 0.252 e. The zero-order chi connectivity index (χ0) is 14.7. The lowest BCUT2D eigenvalue weighted by atomic mass is 10.0. The standard InChI is InChI=1S/C17H18N2O2/c1-2-8-19-16-6-5-13(14-4-3-7-18-10-14)9-15(16)11-21-12-17(19)20/h3-7,9-10H,2,8,11-12H2,1H3. The summed E-state index contributed by atoms with van der Waals surface area (Å²) < 4.78 is 5.49. The third-order valence-electron chi connectivity index (χ3n) is 3.60. The zero-order valence-corrected chi connectivity index (χ0v) is 12.1. The normalized spacial score (nSPS) is 14.7. The second-order valence-corrected chi connectivity index (χ2v) is 5.12. The topological polar surface area (TPSA) is 42.4 Å². The first-order chi connectivity index (χ1) is 10.3. The van der Waals surface area contributed by atoms with E-state index in [1.165, 1.54) is 0 Å². The number of nitrogens with zero attached hydrogens (tertiary/aromatic N) is 2. The van der Waals surface area contributed by atoms with Gasteiger partial charge in [-0.1, -0.05) is 19.1 Å². The van der Waals surface area contributed by atoms with Gasteiger partial charge in [0.05, 0.1) is 6.61 Å². The molecule has 4 nitrogen and oxygen atoms in total. The molecule has 3 rings (SSSR count).